The van der Waals surface area contributed by atoms with Crippen LogP contribution in [0.4, 0.5) is 8.78 Å². The zero-order valence-corrected chi connectivity index (χ0v) is 14.5. The van der Waals surface area contributed by atoms with Crippen LogP contribution < -0.4 is 0 Å². The van der Waals surface area contributed by atoms with Crippen LogP contribution in [-0.2, 0) is 14.2 Å². The summed E-state index contributed by atoms with van der Waals surface area (Å²) in [5.41, 5.74) is 0. The maximum Gasteiger partial charge on any atom is 0.251 e. The summed E-state index contributed by atoms with van der Waals surface area (Å²) in [6, 6.07) is 0. The molecule has 0 atom stereocenters. The van der Waals surface area contributed by atoms with Crippen molar-refractivity contribution in [2.45, 2.75) is 26.2 Å². The molecule has 4 nitrogen and oxygen atoms in total. The van der Waals surface area contributed by atoms with Crippen molar-refractivity contribution in [2.24, 2.45) is 0 Å². The summed E-state index contributed by atoms with van der Waals surface area (Å²) < 4.78 is 40.7. The minimum atomic E-state index is -2.31. The van der Waals surface area contributed by atoms with E-state index in [1.54, 1.807) is 4.90 Å². The number of hydrogen-bond donors (Lipinski definition) is 0. The molecule has 0 bridgehead atoms. The number of hydrogen-bond acceptors (Lipinski definition) is 4. The number of nitrogens with zero attached hydrogens (tertiary/aromatic N) is 1. The third kappa shape index (κ3) is 16.4. The van der Waals surface area contributed by atoms with Crippen molar-refractivity contribution >= 4 is 15.9 Å². The first-order valence-corrected chi connectivity index (χ1v) is 8.62. The van der Waals surface area contributed by atoms with Gasteiger partial charge in [-0.15, -0.1) is 0 Å². The predicted molar refractivity (Wildman–Crippen MR) is 83.6 cm³/mol. The van der Waals surface area contributed by atoms with Gasteiger partial charge in [-0.25, -0.2) is 8.78 Å². The predicted octanol–water partition coefficient (Wildman–Crippen LogP) is 2.80. The Kier molecular flexibility index (Phi) is 16.7. The molecule has 0 rings (SSSR count). The van der Waals surface area contributed by atoms with Crippen molar-refractivity contribution in [2.75, 3.05) is 64.6 Å². The van der Waals surface area contributed by atoms with Gasteiger partial charge in [0.05, 0.1) is 39.6 Å². The number of unbranched alkanes of at least 4 members (excludes halogenated alkanes) is 1. The average molecular weight is 376 g/mol. The van der Waals surface area contributed by atoms with E-state index >= 15 is 0 Å². The lowest BCUT2D eigenvalue weighted by atomic mass is 10.4. The Hall–Kier alpha value is 0.180. The number of ether oxygens (including phenoxy) is 3. The smallest absolute Gasteiger partial charge is 0.251 e. The van der Waals surface area contributed by atoms with Gasteiger partial charge in [-0.05, 0) is 6.42 Å². The number of rotatable bonds is 16. The Morgan fingerprint density at radius 3 is 2.00 bits per heavy atom. The topological polar surface area (TPSA) is 30.9 Å². The van der Waals surface area contributed by atoms with Gasteiger partial charge in [0, 0.05) is 25.0 Å². The molecule has 0 spiro atoms. The van der Waals surface area contributed by atoms with Crippen LogP contribution in [0.2, 0.25) is 0 Å². The van der Waals surface area contributed by atoms with Crippen molar-refractivity contribution in [3.63, 3.8) is 0 Å². The van der Waals surface area contributed by atoms with Crippen LogP contribution in [0.25, 0.3) is 0 Å². The highest BCUT2D eigenvalue weighted by Gasteiger charge is 2.10. The van der Waals surface area contributed by atoms with Gasteiger partial charge in [0.25, 0.3) is 6.43 Å². The van der Waals surface area contributed by atoms with E-state index in [4.69, 9.17) is 14.2 Å². The van der Waals surface area contributed by atoms with E-state index in [0.717, 1.165) is 19.4 Å². The second kappa shape index (κ2) is 16.5. The highest BCUT2D eigenvalue weighted by atomic mass is 79.9. The van der Waals surface area contributed by atoms with Gasteiger partial charge in [-0.1, -0.05) is 29.3 Å². The van der Waals surface area contributed by atoms with Gasteiger partial charge in [0.2, 0.25) is 0 Å². The van der Waals surface area contributed by atoms with E-state index in [0.29, 0.717) is 51.5 Å². The highest BCUT2D eigenvalue weighted by Crippen LogP contribution is 1.99. The molecule has 0 saturated heterocycles. The molecular weight excluding hydrogens is 348 g/mol. The zero-order chi connectivity index (χ0) is 15.8. The molecule has 0 radical (unpaired) electrons. The fourth-order valence-corrected chi connectivity index (χ4v) is 2.09. The molecule has 0 amide bonds. The molecule has 21 heavy (non-hydrogen) atoms. The summed E-state index contributed by atoms with van der Waals surface area (Å²) >= 11 is 3.25. The molecule has 0 aromatic heterocycles. The molecule has 0 aliphatic heterocycles. The first-order valence-electron chi connectivity index (χ1n) is 7.50. The van der Waals surface area contributed by atoms with Crippen molar-refractivity contribution in [1.82, 2.24) is 4.90 Å². The fraction of sp³-hybridized carbons (Fsp3) is 1.00. The lowest BCUT2D eigenvalue weighted by Crippen LogP contribution is -2.33. The molecule has 128 valence electrons. The van der Waals surface area contributed by atoms with Crippen molar-refractivity contribution in [3.05, 3.63) is 0 Å². The third-order valence-corrected chi connectivity index (χ3v) is 3.09. The van der Waals surface area contributed by atoms with Crippen molar-refractivity contribution < 1.29 is 23.0 Å². The Morgan fingerprint density at radius 2 is 1.48 bits per heavy atom. The molecule has 0 saturated carbocycles. The molecule has 0 heterocycles. The van der Waals surface area contributed by atoms with Crippen LogP contribution in [0.1, 0.15) is 19.8 Å². The van der Waals surface area contributed by atoms with Gasteiger partial charge in [0.15, 0.2) is 0 Å². The van der Waals surface area contributed by atoms with E-state index in [1.807, 2.05) is 0 Å². The van der Waals surface area contributed by atoms with Crippen LogP contribution in [-0.4, -0.2) is 75.9 Å². The van der Waals surface area contributed by atoms with Crippen LogP contribution in [0.3, 0.4) is 0 Å². The van der Waals surface area contributed by atoms with Crippen LogP contribution in [0, 0.1) is 0 Å². The molecule has 0 aromatic rings. The maximum atomic E-state index is 12.3. The number of alkyl halides is 3. The third-order valence-electron chi connectivity index (χ3n) is 2.74. The standard InChI is InChI=1S/C14H28BrF2NO3/c1-2-3-7-19-9-11-21-12-10-20-8-6-18(5-4-15)13-14(16)17/h14H,2-13H2,1H3. The Labute approximate surface area is 135 Å². The summed E-state index contributed by atoms with van der Waals surface area (Å²) in [7, 11) is 0. The van der Waals surface area contributed by atoms with E-state index < -0.39 is 6.43 Å². The molecule has 0 fully saturated rings. The summed E-state index contributed by atoms with van der Waals surface area (Å²) in [5, 5.41) is 0.681. The normalized spacial score (nSPS) is 11.7. The quantitative estimate of drug-likeness (QED) is 0.306. The molecule has 7 heteroatoms. The van der Waals surface area contributed by atoms with E-state index in [2.05, 4.69) is 22.9 Å². The van der Waals surface area contributed by atoms with Gasteiger partial charge in [-0.2, -0.15) is 0 Å². The van der Waals surface area contributed by atoms with Crippen LogP contribution >= 0.6 is 15.9 Å². The van der Waals surface area contributed by atoms with Crippen LogP contribution in [0.15, 0.2) is 0 Å². The summed E-state index contributed by atoms with van der Waals surface area (Å²) in [6.45, 7) is 6.39. The maximum absolute atomic E-state index is 12.3. The first kappa shape index (κ1) is 21.2. The number of halogens is 3. The van der Waals surface area contributed by atoms with Gasteiger partial charge >= 0.3 is 0 Å². The minimum Gasteiger partial charge on any atom is -0.379 e. The van der Waals surface area contributed by atoms with E-state index in [-0.39, 0.29) is 6.54 Å². The lowest BCUT2D eigenvalue weighted by Gasteiger charge is -2.20. The lowest BCUT2D eigenvalue weighted by molar-refractivity contribution is 0.00704. The molecular formula is C14H28BrF2NO3. The fourth-order valence-electron chi connectivity index (χ4n) is 1.59. The summed E-state index contributed by atoms with van der Waals surface area (Å²) in [5.74, 6) is 0. The largest absolute Gasteiger partial charge is 0.379 e. The van der Waals surface area contributed by atoms with Gasteiger partial charge < -0.3 is 14.2 Å². The van der Waals surface area contributed by atoms with E-state index in [1.165, 1.54) is 0 Å². The van der Waals surface area contributed by atoms with Gasteiger partial charge in [-0.3, -0.25) is 4.90 Å². The summed E-state index contributed by atoms with van der Waals surface area (Å²) in [4.78, 5) is 1.68. The molecule has 0 unspecified atom stereocenters. The Bertz CT molecular complexity index is 215. The Balaban J connectivity index is 3.29. The monoisotopic (exact) mass is 375 g/mol. The second-order valence-corrected chi connectivity index (χ2v) is 5.36. The molecule has 0 N–H and O–H groups in total. The first-order chi connectivity index (χ1) is 10.2. The molecule has 0 aliphatic rings. The molecule has 0 aromatic carbocycles. The van der Waals surface area contributed by atoms with Crippen molar-refractivity contribution in [1.29, 1.82) is 0 Å². The van der Waals surface area contributed by atoms with Crippen molar-refractivity contribution in [3.8, 4) is 0 Å². The second-order valence-electron chi connectivity index (χ2n) is 4.57. The molecule has 0 aliphatic carbocycles. The van der Waals surface area contributed by atoms with Gasteiger partial charge in [0.1, 0.15) is 0 Å². The van der Waals surface area contributed by atoms with E-state index in [9.17, 15) is 8.78 Å². The summed E-state index contributed by atoms with van der Waals surface area (Å²) in [6.07, 6.45) is -0.0981. The Morgan fingerprint density at radius 1 is 0.905 bits per heavy atom. The van der Waals surface area contributed by atoms with Crippen LogP contribution in [0.5, 0.6) is 0 Å². The zero-order valence-electron chi connectivity index (χ0n) is 12.9. The highest BCUT2D eigenvalue weighted by molar-refractivity contribution is 9.09. The SMILES string of the molecule is CCCCOCCOCCOCCN(CCBr)CC(F)F. The minimum absolute atomic E-state index is 0.208. The average Bonchev–Trinajstić information content (AvgIpc) is 2.44.